The van der Waals surface area contributed by atoms with Crippen molar-refractivity contribution in [1.82, 2.24) is 4.57 Å². The van der Waals surface area contributed by atoms with Crippen LogP contribution in [0.2, 0.25) is 0 Å². The van der Waals surface area contributed by atoms with E-state index in [1.807, 2.05) is 12.1 Å². The summed E-state index contributed by atoms with van der Waals surface area (Å²) in [6, 6.07) is 29.6. The molecule has 0 saturated carbocycles. The highest BCUT2D eigenvalue weighted by molar-refractivity contribution is 6.62. The van der Waals surface area contributed by atoms with Crippen LogP contribution in [-0.2, 0) is 9.31 Å². The van der Waals surface area contributed by atoms with Crippen LogP contribution in [0, 0.1) is 0 Å². The second-order valence-corrected chi connectivity index (χ2v) is 10.5. The number of nitrogens with zero attached hydrogens (tertiary/aromatic N) is 1. The van der Waals surface area contributed by atoms with Crippen molar-refractivity contribution in [2.24, 2.45) is 0 Å². The molecule has 2 aromatic heterocycles. The Hall–Kier alpha value is -3.54. The molecule has 0 unspecified atom stereocenters. The summed E-state index contributed by atoms with van der Waals surface area (Å²) in [6.45, 7) is 8.36. The fourth-order valence-corrected chi connectivity index (χ4v) is 5.32. The first kappa shape index (κ1) is 20.8. The zero-order valence-corrected chi connectivity index (χ0v) is 20.3. The van der Waals surface area contributed by atoms with Crippen molar-refractivity contribution in [3.8, 4) is 5.69 Å². The number of rotatable bonds is 2. The molecule has 1 aliphatic rings. The maximum atomic E-state index is 6.40. The molecular weight excluding hydrogens is 433 g/mol. The molecule has 4 aromatic carbocycles. The molecule has 1 aliphatic heterocycles. The number of benzene rings is 4. The molecular formula is C30H26BNO3. The molecule has 1 saturated heterocycles. The van der Waals surface area contributed by atoms with Gasteiger partial charge in [-0.1, -0.05) is 48.5 Å². The quantitative estimate of drug-likeness (QED) is 0.262. The Morgan fingerprint density at radius 3 is 2.09 bits per heavy atom. The Labute approximate surface area is 204 Å². The second-order valence-electron chi connectivity index (χ2n) is 10.5. The van der Waals surface area contributed by atoms with Gasteiger partial charge in [-0.15, -0.1) is 0 Å². The van der Waals surface area contributed by atoms with Crippen molar-refractivity contribution >= 4 is 56.3 Å². The molecule has 0 bridgehead atoms. The minimum absolute atomic E-state index is 0.390. The van der Waals surface area contributed by atoms with Gasteiger partial charge >= 0.3 is 7.12 Å². The standard InChI is InChI=1S/C30H26BNO3/c1-29(2)30(3,4)35-31(34-29)19-14-15-23-22(18-19)27-24(32(23)20-10-6-5-7-11-20)16-17-26-28(27)21-12-8-9-13-25(21)33-26/h5-18H,1-4H3. The van der Waals surface area contributed by atoms with E-state index in [0.29, 0.717) is 0 Å². The maximum Gasteiger partial charge on any atom is 0.494 e. The van der Waals surface area contributed by atoms with Crippen molar-refractivity contribution in [3.63, 3.8) is 0 Å². The predicted molar refractivity (Wildman–Crippen MR) is 144 cm³/mol. The van der Waals surface area contributed by atoms with Crippen LogP contribution >= 0.6 is 0 Å². The van der Waals surface area contributed by atoms with Gasteiger partial charge < -0.3 is 18.3 Å². The molecule has 7 rings (SSSR count). The average molecular weight is 459 g/mol. The van der Waals surface area contributed by atoms with Crippen LogP contribution in [0.15, 0.2) is 89.3 Å². The van der Waals surface area contributed by atoms with E-state index in [9.17, 15) is 0 Å². The number of hydrogen-bond donors (Lipinski definition) is 0. The first-order chi connectivity index (χ1) is 16.8. The van der Waals surface area contributed by atoms with Gasteiger partial charge in [0, 0.05) is 27.2 Å². The Bertz CT molecular complexity index is 1740. The van der Waals surface area contributed by atoms with E-state index in [-0.39, 0.29) is 0 Å². The Balaban J connectivity index is 1.58. The zero-order chi connectivity index (χ0) is 23.9. The van der Waals surface area contributed by atoms with Gasteiger partial charge in [-0.25, -0.2) is 0 Å². The van der Waals surface area contributed by atoms with Crippen LogP contribution in [0.1, 0.15) is 27.7 Å². The van der Waals surface area contributed by atoms with Crippen LogP contribution in [0.3, 0.4) is 0 Å². The summed E-state index contributed by atoms with van der Waals surface area (Å²) in [4.78, 5) is 0. The van der Waals surface area contributed by atoms with Crippen LogP contribution in [0.5, 0.6) is 0 Å². The first-order valence-electron chi connectivity index (χ1n) is 12.1. The molecule has 3 heterocycles. The number of aromatic nitrogens is 1. The smallest absolute Gasteiger partial charge is 0.456 e. The monoisotopic (exact) mass is 459 g/mol. The lowest BCUT2D eigenvalue weighted by atomic mass is 9.78. The minimum atomic E-state index is -0.417. The van der Waals surface area contributed by atoms with E-state index in [0.717, 1.165) is 49.5 Å². The summed E-state index contributed by atoms with van der Waals surface area (Å²) in [5, 5.41) is 4.61. The Morgan fingerprint density at radius 2 is 1.31 bits per heavy atom. The third-order valence-corrected chi connectivity index (χ3v) is 7.83. The number of para-hydroxylation sites is 2. The average Bonchev–Trinajstić information content (AvgIpc) is 3.45. The topological polar surface area (TPSA) is 36.5 Å². The summed E-state index contributed by atoms with van der Waals surface area (Å²) in [7, 11) is -0.417. The Kier molecular flexibility index (Phi) is 4.16. The molecule has 0 amide bonds. The SMILES string of the molecule is CC1(C)OB(c2ccc3c(c2)c2c4c(ccc2n3-c2ccccc2)oc2ccccc24)OC1(C)C. The van der Waals surface area contributed by atoms with Gasteiger partial charge in [0.1, 0.15) is 11.2 Å². The lowest BCUT2D eigenvalue weighted by Crippen LogP contribution is -2.41. The fourth-order valence-electron chi connectivity index (χ4n) is 5.32. The highest BCUT2D eigenvalue weighted by Gasteiger charge is 2.51. The summed E-state index contributed by atoms with van der Waals surface area (Å²) < 4.78 is 21.4. The van der Waals surface area contributed by atoms with Gasteiger partial charge in [-0.3, -0.25) is 0 Å². The first-order valence-corrected chi connectivity index (χ1v) is 12.1. The molecule has 0 atom stereocenters. The predicted octanol–water partition coefficient (Wildman–Crippen LogP) is 6.98. The molecule has 172 valence electrons. The molecule has 0 radical (unpaired) electrons. The summed E-state index contributed by atoms with van der Waals surface area (Å²) in [5.74, 6) is 0. The van der Waals surface area contributed by atoms with E-state index in [2.05, 4.69) is 105 Å². The van der Waals surface area contributed by atoms with Gasteiger partial charge in [0.05, 0.1) is 22.2 Å². The zero-order valence-electron chi connectivity index (χ0n) is 20.3. The van der Waals surface area contributed by atoms with Gasteiger partial charge in [-0.2, -0.15) is 0 Å². The lowest BCUT2D eigenvalue weighted by Gasteiger charge is -2.32. The molecule has 0 spiro atoms. The van der Waals surface area contributed by atoms with Crippen LogP contribution in [0.25, 0.3) is 49.4 Å². The number of hydrogen-bond acceptors (Lipinski definition) is 3. The van der Waals surface area contributed by atoms with E-state index in [1.165, 1.54) is 5.39 Å². The third kappa shape index (κ3) is 2.89. The van der Waals surface area contributed by atoms with E-state index < -0.39 is 18.3 Å². The van der Waals surface area contributed by atoms with E-state index in [1.54, 1.807) is 0 Å². The van der Waals surface area contributed by atoms with Gasteiger partial charge in [0.2, 0.25) is 0 Å². The molecule has 5 heteroatoms. The minimum Gasteiger partial charge on any atom is -0.456 e. The highest BCUT2D eigenvalue weighted by Crippen LogP contribution is 2.41. The molecule has 35 heavy (non-hydrogen) atoms. The van der Waals surface area contributed by atoms with Crippen LogP contribution in [0.4, 0.5) is 0 Å². The van der Waals surface area contributed by atoms with Crippen molar-refractivity contribution < 1.29 is 13.7 Å². The molecule has 4 nitrogen and oxygen atoms in total. The van der Waals surface area contributed by atoms with Crippen molar-refractivity contribution in [2.75, 3.05) is 0 Å². The van der Waals surface area contributed by atoms with Crippen molar-refractivity contribution in [2.45, 2.75) is 38.9 Å². The van der Waals surface area contributed by atoms with Crippen LogP contribution in [-0.4, -0.2) is 22.9 Å². The summed E-state index contributed by atoms with van der Waals surface area (Å²) in [6.07, 6.45) is 0. The molecule has 6 aromatic rings. The van der Waals surface area contributed by atoms with E-state index >= 15 is 0 Å². The number of furan rings is 1. The summed E-state index contributed by atoms with van der Waals surface area (Å²) >= 11 is 0. The Morgan fingerprint density at radius 1 is 0.629 bits per heavy atom. The van der Waals surface area contributed by atoms with Crippen LogP contribution < -0.4 is 5.46 Å². The second kappa shape index (κ2) is 7.00. The molecule has 1 fully saturated rings. The normalized spacial score (nSPS) is 17.3. The third-order valence-electron chi connectivity index (χ3n) is 7.83. The number of fused-ring (bicyclic) bond motifs is 7. The van der Waals surface area contributed by atoms with Crippen molar-refractivity contribution in [3.05, 3.63) is 84.9 Å². The van der Waals surface area contributed by atoms with Gasteiger partial charge in [0.15, 0.2) is 0 Å². The van der Waals surface area contributed by atoms with E-state index in [4.69, 9.17) is 13.7 Å². The van der Waals surface area contributed by atoms with Crippen molar-refractivity contribution in [1.29, 1.82) is 0 Å². The highest BCUT2D eigenvalue weighted by atomic mass is 16.7. The van der Waals surface area contributed by atoms with Gasteiger partial charge in [-0.05, 0) is 69.6 Å². The largest absolute Gasteiger partial charge is 0.494 e. The maximum absolute atomic E-state index is 6.40. The fraction of sp³-hybridized carbons (Fsp3) is 0.200. The lowest BCUT2D eigenvalue weighted by molar-refractivity contribution is 0.00578. The molecule has 0 N–H and O–H groups in total. The summed E-state index contributed by atoms with van der Waals surface area (Å²) in [5.41, 5.74) is 5.46. The molecule has 0 aliphatic carbocycles. The van der Waals surface area contributed by atoms with Gasteiger partial charge in [0.25, 0.3) is 0 Å².